The summed E-state index contributed by atoms with van der Waals surface area (Å²) in [4.78, 5) is 0. The maximum absolute atomic E-state index is 6.21. The fraction of sp³-hybridized carbons (Fsp3) is 0.182. The quantitative estimate of drug-likeness (QED) is 0.327. The third kappa shape index (κ3) is 7.57. The molecule has 0 aliphatic rings. The molecule has 0 saturated carbocycles. The minimum absolute atomic E-state index is 0. The van der Waals surface area contributed by atoms with Crippen molar-refractivity contribution in [3.8, 4) is 5.75 Å². The van der Waals surface area contributed by atoms with E-state index in [1.54, 1.807) is 18.2 Å². The normalized spacial score (nSPS) is 10.5. The largest absolute Gasteiger partial charge is 0.489 e. The van der Waals surface area contributed by atoms with Crippen molar-refractivity contribution in [3.05, 3.63) is 97.4 Å². The summed E-state index contributed by atoms with van der Waals surface area (Å²) in [5.74, 6) is 0.797. The van der Waals surface area contributed by atoms with Gasteiger partial charge < -0.3 is 10.1 Å². The topological polar surface area (TPSA) is 21.3 Å². The van der Waals surface area contributed by atoms with Crippen LogP contribution in [0.1, 0.15) is 16.7 Å². The van der Waals surface area contributed by atoms with E-state index < -0.39 is 0 Å². The highest BCUT2D eigenvalue weighted by atomic mass is 35.5. The number of benzene rings is 3. The van der Waals surface area contributed by atoms with E-state index in [0.29, 0.717) is 26.7 Å². The summed E-state index contributed by atoms with van der Waals surface area (Å²) in [6.45, 7) is 1.94. The van der Waals surface area contributed by atoms with E-state index in [-0.39, 0.29) is 12.4 Å². The number of halogens is 5. The number of nitrogens with one attached hydrogen (secondary N) is 1. The standard InChI is InChI=1S/C22H19Cl4NO.ClH/c23-18-6-4-16(21(25)11-18)8-9-27-13-15-2-1-3-20(10-15)28-14-17-5-7-19(24)12-22(17)26;/h1-7,10-12,27H,8-9,13-14H2;1H. The van der Waals surface area contributed by atoms with E-state index in [1.807, 2.05) is 36.4 Å². The maximum atomic E-state index is 6.21. The van der Waals surface area contributed by atoms with E-state index >= 15 is 0 Å². The first-order valence-electron chi connectivity index (χ1n) is 8.81. The molecule has 3 aromatic rings. The Morgan fingerprint density at radius 1 is 0.759 bits per heavy atom. The van der Waals surface area contributed by atoms with Crippen LogP contribution >= 0.6 is 58.8 Å². The summed E-state index contributed by atoms with van der Waals surface area (Å²) < 4.78 is 5.87. The molecule has 3 aromatic carbocycles. The van der Waals surface area contributed by atoms with Gasteiger partial charge in [0.2, 0.25) is 0 Å². The van der Waals surface area contributed by atoms with Crippen molar-refractivity contribution in [2.24, 2.45) is 0 Å². The molecule has 2 nitrogen and oxygen atoms in total. The van der Waals surface area contributed by atoms with Gasteiger partial charge in [-0.05, 0) is 60.5 Å². The van der Waals surface area contributed by atoms with E-state index in [9.17, 15) is 0 Å². The predicted octanol–water partition coefficient (Wildman–Crippen LogP) is 7.63. The van der Waals surface area contributed by atoms with Crippen LogP contribution in [0.4, 0.5) is 0 Å². The molecule has 0 aliphatic carbocycles. The fourth-order valence-electron chi connectivity index (χ4n) is 2.73. The van der Waals surface area contributed by atoms with E-state index in [4.69, 9.17) is 51.1 Å². The first-order chi connectivity index (χ1) is 13.5. The van der Waals surface area contributed by atoms with Gasteiger partial charge in [0.05, 0.1) is 0 Å². The molecular weight excluding hydrogens is 472 g/mol. The second-order valence-electron chi connectivity index (χ2n) is 6.33. The monoisotopic (exact) mass is 489 g/mol. The van der Waals surface area contributed by atoms with Crippen LogP contribution in [-0.4, -0.2) is 6.54 Å². The lowest BCUT2D eigenvalue weighted by Gasteiger charge is -2.10. The Bertz CT molecular complexity index is 948. The number of hydrogen-bond donors (Lipinski definition) is 1. The Morgan fingerprint density at radius 2 is 1.41 bits per heavy atom. The molecule has 7 heteroatoms. The lowest BCUT2D eigenvalue weighted by molar-refractivity contribution is 0.306. The van der Waals surface area contributed by atoms with Gasteiger partial charge in [-0.3, -0.25) is 0 Å². The van der Waals surface area contributed by atoms with Crippen molar-refractivity contribution in [1.29, 1.82) is 0 Å². The molecule has 0 saturated heterocycles. The smallest absolute Gasteiger partial charge is 0.120 e. The average molecular weight is 492 g/mol. The summed E-state index contributed by atoms with van der Waals surface area (Å²) in [6.07, 6.45) is 0.835. The Balaban J connectivity index is 0.00000300. The van der Waals surface area contributed by atoms with Gasteiger partial charge in [-0.1, -0.05) is 70.7 Å². The van der Waals surface area contributed by atoms with Gasteiger partial charge in [0.15, 0.2) is 0 Å². The molecule has 29 heavy (non-hydrogen) atoms. The van der Waals surface area contributed by atoms with E-state index in [2.05, 4.69) is 11.4 Å². The highest BCUT2D eigenvalue weighted by molar-refractivity contribution is 6.35. The average Bonchev–Trinajstić information content (AvgIpc) is 2.66. The molecule has 0 aliphatic heterocycles. The van der Waals surface area contributed by atoms with Gasteiger partial charge in [-0.25, -0.2) is 0 Å². The van der Waals surface area contributed by atoms with Crippen LogP contribution in [0.3, 0.4) is 0 Å². The first kappa shape index (κ1) is 24.1. The van der Waals surface area contributed by atoms with Gasteiger partial charge >= 0.3 is 0 Å². The third-order valence-electron chi connectivity index (χ3n) is 4.22. The summed E-state index contributed by atoms with van der Waals surface area (Å²) in [5.41, 5.74) is 3.12. The maximum Gasteiger partial charge on any atom is 0.120 e. The number of hydrogen-bond acceptors (Lipinski definition) is 2. The Morgan fingerprint density at radius 3 is 2.07 bits per heavy atom. The third-order valence-corrected chi connectivity index (χ3v) is 5.40. The zero-order valence-electron chi connectivity index (χ0n) is 15.4. The number of rotatable bonds is 8. The molecule has 0 radical (unpaired) electrons. The van der Waals surface area contributed by atoms with E-state index in [1.165, 1.54) is 0 Å². The Hall–Kier alpha value is -1.13. The van der Waals surface area contributed by atoms with Crippen LogP contribution in [-0.2, 0) is 19.6 Å². The van der Waals surface area contributed by atoms with Gasteiger partial charge in [0.25, 0.3) is 0 Å². The predicted molar refractivity (Wildman–Crippen MR) is 126 cm³/mol. The minimum atomic E-state index is 0. The molecule has 3 rings (SSSR count). The van der Waals surface area contributed by atoms with Crippen LogP contribution in [0, 0.1) is 0 Å². The summed E-state index contributed by atoms with van der Waals surface area (Å²) in [5, 5.41) is 5.99. The molecule has 0 aromatic heterocycles. The molecule has 1 N–H and O–H groups in total. The molecule has 0 spiro atoms. The molecular formula is C22H20Cl5NO. The van der Waals surface area contributed by atoms with Gasteiger partial charge in [-0.15, -0.1) is 12.4 Å². The van der Waals surface area contributed by atoms with Gasteiger partial charge in [0.1, 0.15) is 12.4 Å². The lowest BCUT2D eigenvalue weighted by Crippen LogP contribution is -2.16. The van der Waals surface area contributed by atoms with Crippen LogP contribution < -0.4 is 10.1 Å². The van der Waals surface area contributed by atoms with Gasteiger partial charge in [-0.2, -0.15) is 0 Å². The van der Waals surface area contributed by atoms with Crippen LogP contribution in [0.2, 0.25) is 20.1 Å². The summed E-state index contributed by atoms with van der Waals surface area (Å²) in [6, 6.07) is 19.0. The molecule has 0 fully saturated rings. The minimum Gasteiger partial charge on any atom is -0.489 e. The van der Waals surface area contributed by atoms with Crippen molar-refractivity contribution in [3.63, 3.8) is 0 Å². The number of ether oxygens (including phenoxy) is 1. The first-order valence-corrected chi connectivity index (χ1v) is 10.3. The van der Waals surface area contributed by atoms with E-state index in [0.717, 1.165) is 42.0 Å². The SMILES string of the molecule is Cl.Clc1ccc(CCNCc2cccc(OCc3ccc(Cl)cc3Cl)c2)c(Cl)c1. The molecule has 0 unspecified atom stereocenters. The van der Waals surface area contributed by atoms with Crippen molar-refractivity contribution >= 4 is 58.8 Å². The highest BCUT2D eigenvalue weighted by Gasteiger charge is 2.04. The second-order valence-corrected chi connectivity index (χ2v) is 8.02. The fourth-order valence-corrected chi connectivity index (χ4v) is 3.69. The molecule has 0 bridgehead atoms. The zero-order chi connectivity index (χ0) is 19.9. The van der Waals surface area contributed by atoms with Crippen molar-refractivity contribution in [1.82, 2.24) is 5.32 Å². The van der Waals surface area contributed by atoms with Gasteiger partial charge in [0, 0.05) is 32.2 Å². The molecule has 0 heterocycles. The Kier molecular flexibility index (Phi) is 9.91. The Labute approximate surface area is 197 Å². The summed E-state index contributed by atoms with van der Waals surface area (Å²) >= 11 is 24.2. The second kappa shape index (κ2) is 11.9. The van der Waals surface area contributed by atoms with Crippen LogP contribution in [0.25, 0.3) is 0 Å². The van der Waals surface area contributed by atoms with Crippen LogP contribution in [0.5, 0.6) is 5.75 Å². The van der Waals surface area contributed by atoms with Crippen molar-refractivity contribution in [2.45, 2.75) is 19.6 Å². The van der Waals surface area contributed by atoms with Crippen molar-refractivity contribution < 1.29 is 4.74 Å². The van der Waals surface area contributed by atoms with Crippen LogP contribution in [0.15, 0.2) is 60.7 Å². The zero-order valence-corrected chi connectivity index (χ0v) is 19.3. The lowest BCUT2D eigenvalue weighted by atomic mass is 10.1. The highest BCUT2D eigenvalue weighted by Crippen LogP contribution is 2.23. The molecule has 154 valence electrons. The molecule has 0 atom stereocenters. The summed E-state index contributed by atoms with van der Waals surface area (Å²) in [7, 11) is 0. The molecule has 0 amide bonds. The van der Waals surface area contributed by atoms with Crippen molar-refractivity contribution in [2.75, 3.05) is 6.54 Å².